The fourth-order valence-corrected chi connectivity index (χ4v) is 3.57. The van der Waals surface area contributed by atoms with Gasteiger partial charge in [-0.1, -0.05) is 12.1 Å². The molecule has 6 nitrogen and oxygen atoms in total. The van der Waals surface area contributed by atoms with Gasteiger partial charge in [0, 0.05) is 11.4 Å². The largest absolute Gasteiger partial charge is 0.493 e. The number of carbonyl (C=O) groups is 1. The number of hydrogen-bond acceptors (Lipinski definition) is 4. The highest BCUT2D eigenvalue weighted by atomic mass is 32.1. The van der Waals surface area contributed by atoms with Gasteiger partial charge in [0.25, 0.3) is 5.91 Å². The maximum absolute atomic E-state index is 13.2. The van der Waals surface area contributed by atoms with E-state index in [9.17, 15) is 4.79 Å². The average molecular weight is 412 g/mol. The second-order valence-corrected chi connectivity index (χ2v) is 7.35. The summed E-state index contributed by atoms with van der Waals surface area (Å²) >= 11 is 5.33. The Morgan fingerprint density at radius 2 is 1.72 bits per heavy atom. The van der Waals surface area contributed by atoms with Crippen LogP contribution < -0.4 is 25.4 Å². The van der Waals surface area contributed by atoms with Crippen molar-refractivity contribution in [1.29, 1.82) is 0 Å². The normalized spacial score (nSPS) is 16.0. The molecule has 152 valence electrons. The molecule has 0 spiro atoms. The quantitative estimate of drug-likeness (QED) is 0.651. The van der Waals surface area contributed by atoms with Crippen molar-refractivity contribution in [1.82, 2.24) is 10.6 Å². The van der Waals surface area contributed by atoms with Gasteiger partial charge >= 0.3 is 0 Å². The third kappa shape index (κ3) is 4.35. The molecule has 0 saturated carbocycles. The number of aryl methyl sites for hydroxylation is 2. The van der Waals surface area contributed by atoms with Gasteiger partial charge in [0.05, 0.1) is 25.8 Å². The molecule has 3 rings (SSSR count). The van der Waals surface area contributed by atoms with Crippen LogP contribution in [0.1, 0.15) is 29.7 Å². The molecule has 1 unspecified atom stereocenters. The Labute approximate surface area is 176 Å². The molecule has 7 heteroatoms. The van der Waals surface area contributed by atoms with Crippen LogP contribution in [-0.2, 0) is 4.79 Å². The Kier molecular flexibility index (Phi) is 6.08. The van der Waals surface area contributed by atoms with E-state index >= 15 is 0 Å². The first kappa shape index (κ1) is 20.7. The lowest BCUT2D eigenvalue weighted by Crippen LogP contribution is -2.45. The van der Waals surface area contributed by atoms with Crippen LogP contribution in [0.15, 0.2) is 47.7 Å². The lowest BCUT2D eigenvalue weighted by atomic mass is 9.94. The van der Waals surface area contributed by atoms with E-state index in [0.29, 0.717) is 27.9 Å². The summed E-state index contributed by atoms with van der Waals surface area (Å²) in [6.07, 6.45) is 0. The number of nitrogens with one attached hydrogen (secondary N) is 3. The molecule has 1 heterocycles. The van der Waals surface area contributed by atoms with E-state index in [1.54, 1.807) is 14.2 Å². The molecule has 0 aromatic heterocycles. The SMILES string of the molecule is COc1ccc(C2NC(=S)NC(C)=C2C(=O)Nc2ccc(C)c(C)c2)cc1OC. The average Bonchev–Trinajstić information content (AvgIpc) is 2.69. The van der Waals surface area contributed by atoms with Gasteiger partial charge in [0.1, 0.15) is 0 Å². The van der Waals surface area contributed by atoms with E-state index in [4.69, 9.17) is 21.7 Å². The molecular formula is C22H25N3O3S. The Hall–Kier alpha value is -3.06. The smallest absolute Gasteiger partial charge is 0.255 e. The minimum Gasteiger partial charge on any atom is -0.493 e. The van der Waals surface area contributed by atoms with Crippen LogP contribution in [-0.4, -0.2) is 25.2 Å². The van der Waals surface area contributed by atoms with Crippen molar-refractivity contribution >= 4 is 28.9 Å². The Balaban J connectivity index is 1.97. The van der Waals surface area contributed by atoms with E-state index in [2.05, 4.69) is 16.0 Å². The van der Waals surface area contributed by atoms with Gasteiger partial charge in [0.15, 0.2) is 16.6 Å². The lowest BCUT2D eigenvalue weighted by Gasteiger charge is -2.30. The number of ether oxygens (including phenoxy) is 2. The zero-order valence-electron chi connectivity index (χ0n) is 17.2. The zero-order chi connectivity index (χ0) is 21.1. The molecule has 1 amide bonds. The summed E-state index contributed by atoms with van der Waals surface area (Å²) in [4.78, 5) is 13.2. The van der Waals surface area contributed by atoms with Gasteiger partial charge < -0.3 is 25.4 Å². The zero-order valence-corrected chi connectivity index (χ0v) is 18.0. The van der Waals surface area contributed by atoms with Gasteiger partial charge in [-0.2, -0.15) is 0 Å². The molecule has 2 aromatic carbocycles. The molecule has 2 aromatic rings. The molecule has 3 N–H and O–H groups in total. The van der Waals surface area contributed by atoms with Gasteiger partial charge in [0.2, 0.25) is 0 Å². The topological polar surface area (TPSA) is 71.6 Å². The highest BCUT2D eigenvalue weighted by Gasteiger charge is 2.30. The summed E-state index contributed by atoms with van der Waals surface area (Å²) in [5.74, 6) is 1.01. The molecule has 0 saturated heterocycles. The number of thiocarbonyl (C=S) groups is 1. The molecule has 1 atom stereocenters. The molecule has 0 fully saturated rings. The molecule has 1 aliphatic heterocycles. The van der Waals surface area contributed by atoms with E-state index in [1.807, 2.05) is 57.2 Å². The lowest BCUT2D eigenvalue weighted by molar-refractivity contribution is -0.113. The van der Waals surface area contributed by atoms with Gasteiger partial charge in [-0.05, 0) is 73.9 Å². The maximum atomic E-state index is 13.2. The molecule has 29 heavy (non-hydrogen) atoms. The minimum absolute atomic E-state index is 0.201. The molecule has 0 radical (unpaired) electrons. The summed E-state index contributed by atoms with van der Waals surface area (Å²) in [6.45, 7) is 5.90. The minimum atomic E-state index is -0.421. The van der Waals surface area contributed by atoms with Crippen LogP contribution >= 0.6 is 12.2 Å². The van der Waals surface area contributed by atoms with Crippen molar-refractivity contribution in [3.8, 4) is 11.5 Å². The highest BCUT2D eigenvalue weighted by Crippen LogP contribution is 2.34. The summed E-state index contributed by atoms with van der Waals surface area (Å²) in [5, 5.41) is 9.71. The van der Waals surface area contributed by atoms with E-state index in [0.717, 1.165) is 16.8 Å². The number of methoxy groups -OCH3 is 2. The number of hydrogen-bond donors (Lipinski definition) is 3. The number of carbonyl (C=O) groups excluding carboxylic acids is 1. The van der Waals surface area contributed by atoms with Crippen molar-refractivity contribution in [2.75, 3.05) is 19.5 Å². The van der Waals surface area contributed by atoms with Crippen molar-refractivity contribution in [2.24, 2.45) is 0 Å². The Morgan fingerprint density at radius 3 is 2.38 bits per heavy atom. The molecule has 0 aliphatic carbocycles. The number of amides is 1. The molecule has 1 aliphatic rings. The first-order valence-electron chi connectivity index (χ1n) is 9.23. The summed E-state index contributed by atoms with van der Waals surface area (Å²) in [6, 6.07) is 11.0. The Bertz CT molecular complexity index is 1000. The summed E-state index contributed by atoms with van der Waals surface area (Å²) in [5.41, 5.74) is 5.14. The third-order valence-corrected chi connectivity index (χ3v) is 5.24. The third-order valence-electron chi connectivity index (χ3n) is 5.02. The number of rotatable bonds is 5. The van der Waals surface area contributed by atoms with Crippen molar-refractivity contribution < 1.29 is 14.3 Å². The Morgan fingerprint density at radius 1 is 1.00 bits per heavy atom. The van der Waals surface area contributed by atoms with Gasteiger partial charge in [-0.25, -0.2) is 0 Å². The van der Waals surface area contributed by atoms with Crippen LogP contribution in [0.25, 0.3) is 0 Å². The van der Waals surface area contributed by atoms with Crippen LogP contribution in [0.4, 0.5) is 5.69 Å². The van der Waals surface area contributed by atoms with Crippen molar-refractivity contribution in [3.63, 3.8) is 0 Å². The monoisotopic (exact) mass is 411 g/mol. The maximum Gasteiger partial charge on any atom is 0.255 e. The molecule has 0 bridgehead atoms. The first-order chi connectivity index (χ1) is 13.8. The fourth-order valence-electron chi connectivity index (χ4n) is 3.29. The van der Waals surface area contributed by atoms with E-state index in [-0.39, 0.29) is 5.91 Å². The van der Waals surface area contributed by atoms with Gasteiger partial charge in [-0.15, -0.1) is 0 Å². The number of anilines is 1. The van der Waals surface area contributed by atoms with Crippen molar-refractivity contribution in [2.45, 2.75) is 26.8 Å². The van der Waals surface area contributed by atoms with Crippen LogP contribution in [0.2, 0.25) is 0 Å². The van der Waals surface area contributed by atoms with Crippen LogP contribution in [0, 0.1) is 13.8 Å². The number of allylic oxidation sites excluding steroid dienone is 1. The molecular weight excluding hydrogens is 386 g/mol. The van der Waals surface area contributed by atoms with E-state index < -0.39 is 6.04 Å². The summed E-state index contributed by atoms with van der Waals surface area (Å²) in [7, 11) is 3.17. The van der Waals surface area contributed by atoms with E-state index in [1.165, 1.54) is 5.56 Å². The predicted octanol–water partition coefficient (Wildman–Crippen LogP) is 3.75. The van der Waals surface area contributed by atoms with Gasteiger partial charge in [-0.3, -0.25) is 4.79 Å². The predicted molar refractivity (Wildman–Crippen MR) is 118 cm³/mol. The second-order valence-electron chi connectivity index (χ2n) is 6.94. The van der Waals surface area contributed by atoms with Crippen LogP contribution in [0.5, 0.6) is 11.5 Å². The fraction of sp³-hybridized carbons (Fsp3) is 0.273. The summed E-state index contributed by atoms with van der Waals surface area (Å²) < 4.78 is 10.7. The highest BCUT2D eigenvalue weighted by molar-refractivity contribution is 7.80. The standard InChI is InChI=1S/C22H25N3O3S/c1-12-6-8-16(10-13(12)2)24-21(26)19-14(3)23-22(29)25-20(19)15-7-9-17(27-4)18(11-15)28-5/h6-11,20H,1-5H3,(H,24,26)(H2,23,25,29). The first-order valence-corrected chi connectivity index (χ1v) is 9.63. The van der Waals surface area contributed by atoms with Crippen LogP contribution in [0.3, 0.4) is 0 Å². The second kappa shape index (κ2) is 8.53. The van der Waals surface area contributed by atoms with Crippen molar-refractivity contribution in [3.05, 3.63) is 64.4 Å². The number of benzene rings is 2.